The zero-order chi connectivity index (χ0) is 26.8. The molecule has 192 valence electrons. The lowest BCUT2D eigenvalue weighted by atomic mass is 9.84. The Hall–Kier alpha value is -3.72. The smallest absolute Gasteiger partial charge is 0.364 e. The van der Waals surface area contributed by atoms with Gasteiger partial charge in [0.05, 0.1) is 16.2 Å². The first-order valence-electron chi connectivity index (χ1n) is 11.6. The number of alkyl halides is 3. The normalized spacial score (nSPS) is 16.2. The summed E-state index contributed by atoms with van der Waals surface area (Å²) < 4.78 is 64.9. The first-order valence-corrected chi connectivity index (χ1v) is 13.5. The Bertz CT molecular complexity index is 1490. The van der Waals surface area contributed by atoms with Gasteiger partial charge in [-0.1, -0.05) is 60.7 Å². The Morgan fingerprint density at radius 3 is 2.35 bits per heavy atom. The lowest BCUT2D eigenvalue weighted by Gasteiger charge is -2.24. The predicted octanol–water partition coefficient (Wildman–Crippen LogP) is 5.59. The van der Waals surface area contributed by atoms with Crippen LogP contribution in [-0.4, -0.2) is 26.3 Å². The van der Waals surface area contributed by atoms with Gasteiger partial charge >= 0.3 is 6.18 Å². The van der Waals surface area contributed by atoms with Gasteiger partial charge in [-0.2, -0.15) is 13.2 Å². The highest BCUT2D eigenvalue weighted by Gasteiger charge is 2.36. The van der Waals surface area contributed by atoms with E-state index in [1.807, 2.05) is 30.3 Å². The molecule has 0 spiro atoms. The fraction of sp³-hybridized carbons (Fsp3) is 0.214. The zero-order valence-corrected chi connectivity index (χ0v) is 20.8. The van der Waals surface area contributed by atoms with Gasteiger partial charge in [-0.15, -0.1) is 0 Å². The summed E-state index contributed by atoms with van der Waals surface area (Å²) >= 11 is 0. The number of rotatable bonds is 7. The number of benzene rings is 3. The molecule has 1 amide bonds. The predicted molar refractivity (Wildman–Crippen MR) is 137 cm³/mol. The number of sulfone groups is 1. The number of primary amides is 1. The summed E-state index contributed by atoms with van der Waals surface area (Å²) in [5, 5.41) is 0. The van der Waals surface area contributed by atoms with Gasteiger partial charge in [0.25, 0.3) is 5.91 Å². The molecule has 9 heteroatoms. The van der Waals surface area contributed by atoms with Crippen molar-refractivity contribution >= 4 is 21.5 Å². The van der Waals surface area contributed by atoms with E-state index < -0.39 is 27.5 Å². The highest BCUT2D eigenvalue weighted by Crippen LogP contribution is 2.36. The number of carbonyl (C=O) groups is 1. The van der Waals surface area contributed by atoms with Gasteiger partial charge in [-0.05, 0) is 54.2 Å². The van der Waals surface area contributed by atoms with E-state index in [1.54, 1.807) is 24.3 Å². The number of aliphatic imine (C=N–C) groups is 1. The molecule has 3 aromatic rings. The minimum atomic E-state index is -4.57. The molecule has 2 N–H and O–H groups in total. The van der Waals surface area contributed by atoms with Crippen molar-refractivity contribution in [3.8, 4) is 11.1 Å². The van der Waals surface area contributed by atoms with Gasteiger partial charge in [-0.3, -0.25) is 4.79 Å². The Morgan fingerprint density at radius 2 is 1.70 bits per heavy atom. The van der Waals surface area contributed by atoms with Crippen LogP contribution in [0.5, 0.6) is 0 Å². The van der Waals surface area contributed by atoms with Crippen LogP contribution < -0.4 is 5.73 Å². The molecule has 37 heavy (non-hydrogen) atoms. The van der Waals surface area contributed by atoms with E-state index in [-0.39, 0.29) is 27.8 Å². The van der Waals surface area contributed by atoms with E-state index in [2.05, 4.69) is 4.99 Å². The maximum absolute atomic E-state index is 13.7. The van der Waals surface area contributed by atoms with Crippen LogP contribution in [0.15, 0.2) is 94.5 Å². The summed E-state index contributed by atoms with van der Waals surface area (Å²) in [4.78, 5) is 16.2. The second-order valence-corrected chi connectivity index (χ2v) is 11.0. The van der Waals surface area contributed by atoms with Gasteiger partial charge in [0, 0.05) is 17.7 Å². The lowest BCUT2D eigenvalue weighted by Crippen LogP contribution is -2.26. The summed E-state index contributed by atoms with van der Waals surface area (Å²) in [6.45, 7) is 0. The molecule has 0 saturated heterocycles. The second kappa shape index (κ2) is 10.3. The average Bonchev–Trinajstić information content (AvgIpc) is 2.87. The van der Waals surface area contributed by atoms with E-state index in [0.29, 0.717) is 19.3 Å². The molecule has 4 rings (SSSR count). The molecule has 0 aromatic heterocycles. The number of allylic oxidation sites excluding steroid dienone is 1. The zero-order valence-electron chi connectivity index (χ0n) is 20.0. The van der Waals surface area contributed by atoms with Gasteiger partial charge in [0.15, 0.2) is 9.84 Å². The third kappa shape index (κ3) is 6.17. The number of nitrogens with zero attached hydrogens (tertiary/aromatic N) is 1. The van der Waals surface area contributed by atoms with Crippen molar-refractivity contribution in [1.82, 2.24) is 0 Å². The van der Waals surface area contributed by atoms with Gasteiger partial charge < -0.3 is 5.73 Å². The Labute approximate surface area is 213 Å². The number of nitrogens with two attached hydrogens (primary N) is 1. The molecule has 1 unspecified atom stereocenters. The highest BCUT2D eigenvalue weighted by atomic mass is 32.2. The number of amides is 1. The van der Waals surface area contributed by atoms with Crippen molar-refractivity contribution in [2.45, 2.75) is 30.3 Å². The molecule has 5 nitrogen and oxygen atoms in total. The number of carbonyl (C=O) groups excluding carboxylic acids is 1. The summed E-state index contributed by atoms with van der Waals surface area (Å²) in [6, 6.07) is 19.5. The van der Waals surface area contributed by atoms with Crippen LogP contribution in [0, 0.1) is 5.92 Å². The van der Waals surface area contributed by atoms with Crippen LogP contribution in [-0.2, 0) is 27.2 Å². The fourth-order valence-corrected chi connectivity index (χ4v) is 5.05. The van der Waals surface area contributed by atoms with E-state index in [9.17, 15) is 26.4 Å². The van der Waals surface area contributed by atoms with Crippen LogP contribution in [0.2, 0.25) is 0 Å². The summed E-state index contributed by atoms with van der Waals surface area (Å²) in [5.41, 5.74) is 7.27. The van der Waals surface area contributed by atoms with Gasteiger partial charge in [0.2, 0.25) is 0 Å². The van der Waals surface area contributed by atoms with Crippen LogP contribution in [0.25, 0.3) is 11.1 Å². The molecule has 1 heterocycles. The summed E-state index contributed by atoms with van der Waals surface area (Å²) in [7, 11) is -3.33. The summed E-state index contributed by atoms with van der Waals surface area (Å²) in [6.07, 6.45) is -0.406. The maximum Gasteiger partial charge on any atom is 0.417 e. The van der Waals surface area contributed by atoms with E-state index in [4.69, 9.17) is 5.73 Å². The second-order valence-electron chi connectivity index (χ2n) is 8.96. The highest BCUT2D eigenvalue weighted by molar-refractivity contribution is 7.90. The minimum absolute atomic E-state index is 0.0381. The van der Waals surface area contributed by atoms with Crippen LogP contribution >= 0.6 is 0 Å². The van der Waals surface area contributed by atoms with Crippen molar-refractivity contribution in [3.05, 3.63) is 101 Å². The van der Waals surface area contributed by atoms with Crippen LogP contribution in [0.1, 0.15) is 29.5 Å². The standard InChI is InChI=1S/C28H25F3N2O3S/c1-37(35,36)22-6-4-5-21(17-22)19-12-9-18(10-13-19)11-14-20-15-16-25(27(32)34)33-26(20)23-7-2-3-8-24(23)28(29,30)31/h2-10,12-13,16-17,20H,11,14-15H2,1H3,(H2,32,34). The van der Waals surface area contributed by atoms with Crippen LogP contribution in [0.4, 0.5) is 13.2 Å². The molecule has 0 fully saturated rings. The van der Waals surface area contributed by atoms with E-state index >= 15 is 0 Å². The topological polar surface area (TPSA) is 89.6 Å². The number of halogens is 3. The van der Waals surface area contributed by atoms with Gasteiger partial charge in [-0.25, -0.2) is 13.4 Å². The lowest BCUT2D eigenvalue weighted by molar-refractivity contribution is -0.137. The molecule has 0 aliphatic carbocycles. The van der Waals surface area contributed by atoms with E-state index in [0.717, 1.165) is 29.0 Å². The Morgan fingerprint density at radius 1 is 1.00 bits per heavy atom. The molecule has 1 aliphatic heterocycles. The Balaban J connectivity index is 1.56. The largest absolute Gasteiger partial charge is 0.417 e. The van der Waals surface area contributed by atoms with Crippen molar-refractivity contribution in [3.63, 3.8) is 0 Å². The molecule has 0 radical (unpaired) electrons. The molecule has 0 bridgehead atoms. The molecular formula is C28H25F3N2O3S. The number of hydrogen-bond acceptors (Lipinski definition) is 4. The first-order chi connectivity index (χ1) is 17.4. The third-order valence-electron chi connectivity index (χ3n) is 6.32. The quantitative estimate of drug-likeness (QED) is 0.435. The van der Waals surface area contributed by atoms with Crippen molar-refractivity contribution in [2.75, 3.05) is 6.26 Å². The van der Waals surface area contributed by atoms with Gasteiger partial charge in [0.1, 0.15) is 5.70 Å². The molecule has 1 atom stereocenters. The average molecular weight is 527 g/mol. The molecule has 0 saturated carbocycles. The number of hydrogen-bond donors (Lipinski definition) is 1. The fourth-order valence-electron chi connectivity index (χ4n) is 4.39. The first kappa shape index (κ1) is 26.3. The number of aryl methyl sites for hydroxylation is 1. The van der Waals surface area contributed by atoms with Crippen molar-refractivity contribution < 1.29 is 26.4 Å². The molecule has 1 aliphatic rings. The SMILES string of the molecule is CS(=O)(=O)c1cccc(-c2ccc(CCC3CC=C(C(N)=O)N=C3c3ccccc3C(F)(F)F)cc2)c1. The monoisotopic (exact) mass is 526 g/mol. The maximum atomic E-state index is 13.7. The van der Waals surface area contributed by atoms with E-state index in [1.165, 1.54) is 18.2 Å². The molecule has 3 aromatic carbocycles. The summed E-state index contributed by atoms with van der Waals surface area (Å²) in [5.74, 6) is -1.12. The third-order valence-corrected chi connectivity index (χ3v) is 7.43. The minimum Gasteiger partial charge on any atom is -0.364 e. The van der Waals surface area contributed by atoms with Crippen molar-refractivity contribution in [1.29, 1.82) is 0 Å². The van der Waals surface area contributed by atoms with Crippen LogP contribution in [0.3, 0.4) is 0 Å². The molecular weight excluding hydrogens is 501 g/mol. The van der Waals surface area contributed by atoms with Crippen molar-refractivity contribution in [2.24, 2.45) is 16.6 Å². The Kier molecular flexibility index (Phi) is 7.36.